The summed E-state index contributed by atoms with van der Waals surface area (Å²) in [5.74, 6) is -0.286. The Kier molecular flexibility index (Phi) is 12.0. The Hall–Kier alpha value is -4.87. The first kappa shape index (κ1) is 38.4. The Morgan fingerprint density at radius 3 is 2.48 bits per heavy atom. The van der Waals surface area contributed by atoms with Crippen LogP contribution in [0.3, 0.4) is 0 Å². The molecule has 0 bridgehead atoms. The molecule has 1 aliphatic rings. The van der Waals surface area contributed by atoms with Gasteiger partial charge in [-0.3, -0.25) is 9.59 Å². The first-order chi connectivity index (χ1) is 24.8. The number of nitrogens with zero attached hydrogens (tertiary/aromatic N) is 3. The normalized spacial score (nSPS) is 15.3. The minimum Gasteiger partial charge on any atom is -0.496 e. The molecule has 2 heterocycles. The van der Waals surface area contributed by atoms with E-state index in [4.69, 9.17) is 37.4 Å². The van der Waals surface area contributed by atoms with Crippen molar-refractivity contribution < 1.29 is 33.0 Å². The zero-order chi connectivity index (χ0) is 37.7. The summed E-state index contributed by atoms with van der Waals surface area (Å²) in [5, 5.41) is 8.97. The summed E-state index contributed by atoms with van der Waals surface area (Å²) in [4.78, 5) is 38.6. The second-order valence-electron chi connectivity index (χ2n) is 13.3. The van der Waals surface area contributed by atoms with Crippen LogP contribution in [0.5, 0.6) is 5.75 Å². The number of allylic oxidation sites excluding steroid dienone is 3. The first-order valence-electron chi connectivity index (χ1n) is 16.8. The zero-order valence-corrected chi connectivity index (χ0v) is 31.4. The summed E-state index contributed by atoms with van der Waals surface area (Å²) >= 11 is 13.3. The third kappa shape index (κ3) is 8.43. The number of carbonyl (C=O) groups excluding carboxylic acids is 3. The van der Waals surface area contributed by atoms with Crippen molar-refractivity contribution in [3.63, 3.8) is 0 Å². The largest absolute Gasteiger partial charge is 0.496 e. The van der Waals surface area contributed by atoms with Crippen LogP contribution < -0.4 is 10.1 Å². The molecule has 0 spiro atoms. The monoisotopic (exact) mass is 750 g/mol. The van der Waals surface area contributed by atoms with E-state index in [2.05, 4.69) is 10.4 Å². The van der Waals surface area contributed by atoms with Gasteiger partial charge in [0.1, 0.15) is 17.2 Å². The van der Waals surface area contributed by atoms with Gasteiger partial charge in [-0.15, -0.1) is 0 Å². The SMILES string of the molecule is CC/C(Cl)=C\C(C=O)=C(\OC)n1ncc2c(-c3cccc(-c4cc(F)c(CN(C[C@@H]5CCC(=O)N5)C(=O)OC(C)(C)C)c(OC)c4)c3Cl)cccc21. The van der Waals surface area contributed by atoms with E-state index in [1.54, 1.807) is 45.2 Å². The zero-order valence-electron chi connectivity index (χ0n) is 29.9. The fourth-order valence-corrected chi connectivity index (χ4v) is 6.51. The maximum absolute atomic E-state index is 16.2. The van der Waals surface area contributed by atoms with Gasteiger partial charge in [0.15, 0.2) is 6.29 Å². The summed E-state index contributed by atoms with van der Waals surface area (Å²) in [6.45, 7) is 7.12. The fourth-order valence-electron chi connectivity index (χ4n) is 6.06. The molecular weight excluding hydrogens is 710 g/mol. The van der Waals surface area contributed by atoms with Crippen LogP contribution in [0.4, 0.5) is 9.18 Å². The number of rotatable bonds is 12. The molecule has 0 radical (unpaired) electrons. The lowest BCUT2D eigenvalue weighted by Crippen LogP contribution is -2.44. The molecule has 52 heavy (non-hydrogen) atoms. The Bertz CT molecular complexity index is 2070. The molecule has 13 heteroatoms. The molecular formula is C39H41Cl2FN4O6. The van der Waals surface area contributed by atoms with Gasteiger partial charge in [-0.25, -0.2) is 9.18 Å². The summed E-state index contributed by atoms with van der Waals surface area (Å²) in [6, 6.07) is 13.8. The van der Waals surface area contributed by atoms with E-state index in [-0.39, 0.29) is 47.8 Å². The van der Waals surface area contributed by atoms with Crippen LogP contribution in [0.25, 0.3) is 39.0 Å². The Morgan fingerprint density at radius 2 is 1.85 bits per heavy atom. The maximum Gasteiger partial charge on any atom is 0.410 e. The van der Waals surface area contributed by atoms with Crippen LogP contribution in [-0.2, 0) is 25.6 Å². The molecule has 4 aromatic rings. The number of nitrogens with one attached hydrogen (secondary N) is 1. The smallest absolute Gasteiger partial charge is 0.410 e. The molecule has 274 valence electrons. The van der Waals surface area contributed by atoms with E-state index in [9.17, 15) is 14.4 Å². The van der Waals surface area contributed by atoms with Crippen LogP contribution in [-0.4, -0.2) is 65.4 Å². The quantitative estimate of drug-likeness (QED) is 0.0667. The lowest BCUT2D eigenvalue weighted by molar-refractivity contribution is -0.119. The molecule has 2 amide bonds. The molecule has 5 rings (SSSR count). The van der Waals surface area contributed by atoms with Gasteiger partial charge < -0.3 is 24.4 Å². The molecule has 3 aromatic carbocycles. The molecule has 1 aromatic heterocycles. The molecule has 0 unspecified atom stereocenters. The van der Waals surface area contributed by atoms with E-state index >= 15 is 4.39 Å². The van der Waals surface area contributed by atoms with Crippen LogP contribution in [0.15, 0.2) is 71.4 Å². The highest BCUT2D eigenvalue weighted by atomic mass is 35.5. The number of aldehydes is 1. The van der Waals surface area contributed by atoms with Gasteiger partial charge in [-0.05, 0) is 69.0 Å². The van der Waals surface area contributed by atoms with Gasteiger partial charge in [0.2, 0.25) is 11.8 Å². The number of fused-ring (bicyclic) bond motifs is 1. The molecule has 1 atom stereocenters. The Morgan fingerprint density at radius 1 is 1.13 bits per heavy atom. The van der Waals surface area contributed by atoms with Crippen molar-refractivity contribution in [3.8, 4) is 28.0 Å². The molecule has 1 aliphatic heterocycles. The summed E-state index contributed by atoms with van der Waals surface area (Å²) < 4.78 is 34.6. The number of ether oxygens (including phenoxy) is 3. The highest BCUT2D eigenvalue weighted by Crippen LogP contribution is 2.41. The molecule has 0 aliphatic carbocycles. The average molecular weight is 752 g/mol. The van der Waals surface area contributed by atoms with Crippen molar-refractivity contribution in [1.29, 1.82) is 0 Å². The van der Waals surface area contributed by atoms with Crippen molar-refractivity contribution >= 4 is 58.3 Å². The lowest BCUT2D eigenvalue weighted by atomic mass is 9.96. The number of carbonyl (C=O) groups is 3. The highest BCUT2D eigenvalue weighted by Gasteiger charge is 2.30. The van der Waals surface area contributed by atoms with Crippen LogP contribution in [0.1, 0.15) is 52.5 Å². The van der Waals surface area contributed by atoms with E-state index < -0.39 is 17.5 Å². The van der Waals surface area contributed by atoms with Crippen molar-refractivity contribution in [3.05, 3.63) is 87.8 Å². The van der Waals surface area contributed by atoms with Crippen molar-refractivity contribution in [2.75, 3.05) is 20.8 Å². The molecule has 0 saturated carbocycles. The van der Waals surface area contributed by atoms with E-state index in [1.165, 1.54) is 29.9 Å². The van der Waals surface area contributed by atoms with Crippen molar-refractivity contribution in [2.24, 2.45) is 0 Å². The van der Waals surface area contributed by atoms with Gasteiger partial charge >= 0.3 is 6.09 Å². The minimum atomic E-state index is -0.785. The maximum atomic E-state index is 16.2. The number of halogens is 3. The van der Waals surface area contributed by atoms with E-state index in [1.807, 2.05) is 37.3 Å². The first-order valence-corrected chi connectivity index (χ1v) is 17.5. The topological polar surface area (TPSA) is 112 Å². The van der Waals surface area contributed by atoms with Gasteiger partial charge in [-0.1, -0.05) is 60.5 Å². The molecule has 1 fully saturated rings. The van der Waals surface area contributed by atoms with Crippen LogP contribution in [0, 0.1) is 5.82 Å². The number of benzene rings is 3. The molecule has 1 N–H and O–H groups in total. The highest BCUT2D eigenvalue weighted by molar-refractivity contribution is 6.36. The van der Waals surface area contributed by atoms with Crippen molar-refractivity contribution in [2.45, 2.75) is 65.1 Å². The average Bonchev–Trinajstić information content (AvgIpc) is 3.73. The lowest BCUT2D eigenvalue weighted by Gasteiger charge is -2.30. The van der Waals surface area contributed by atoms with Crippen molar-refractivity contribution in [1.82, 2.24) is 20.0 Å². The predicted octanol–water partition coefficient (Wildman–Crippen LogP) is 8.73. The van der Waals surface area contributed by atoms with Gasteiger partial charge in [0.05, 0.1) is 43.1 Å². The second-order valence-corrected chi connectivity index (χ2v) is 14.2. The van der Waals surface area contributed by atoms with Gasteiger partial charge in [0, 0.05) is 46.1 Å². The van der Waals surface area contributed by atoms with E-state index in [0.717, 1.165) is 10.9 Å². The number of methoxy groups -OCH3 is 2. The van der Waals surface area contributed by atoms with Crippen LogP contribution in [0.2, 0.25) is 5.02 Å². The Labute approximate surface area is 312 Å². The van der Waals surface area contributed by atoms with Gasteiger partial charge in [0.25, 0.3) is 0 Å². The standard InChI is InChI=1S/C39H41Cl2FN4O6/c1-7-25(40)16-24(22-47)37(51-6)46-33-13-9-11-28(30(33)19-43-46)29-12-8-10-27(36(29)41)23-17-32(42)31(34(18-23)50-5)21-45(38(49)52-39(2,3)4)20-26-14-15-35(48)44-26/h8-13,16-19,22,26H,7,14-15,20-21H2,1-6H3,(H,44,48)/b25-16+,37-24-/t26-/m0/s1. The molecule has 1 saturated heterocycles. The predicted molar refractivity (Wildman–Crippen MR) is 200 cm³/mol. The van der Waals surface area contributed by atoms with E-state index in [0.29, 0.717) is 57.8 Å². The molecule has 10 nitrogen and oxygen atoms in total. The minimum absolute atomic E-state index is 0.0970. The number of hydrogen-bond acceptors (Lipinski definition) is 7. The number of aromatic nitrogens is 2. The fraction of sp³-hybridized carbons (Fsp3) is 0.333. The summed E-state index contributed by atoms with van der Waals surface area (Å²) in [5.41, 5.74) is 2.66. The second kappa shape index (κ2) is 16.2. The Balaban J connectivity index is 1.53. The number of amides is 2. The third-order valence-corrected chi connectivity index (χ3v) is 9.31. The summed E-state index contributed by atoms with van der Waals surface area (Å²) in [6.07, 6.45) is 4.68. The van der Waals surface area contributed by atoms with Gasteiger partial charge in [-0.2, -0.15) is 9.78 Å². The number of hydrogen-bond donors (Lipinski definition) is 1. The van der Waals surface area contributed by atoms with Crippen LogP contribution >= 0.6 is 23.2 Å². The third-order valence-electron chi connectivity index (χ3n) is 8.52. The summed E-state index contributed by atoms with van der Waals surface area (Å²) in [7, 11) is 2.88.